The van der Waals surface area contributed by atoms with Crippen molar-refractivity contribution in [3.63, 3.8) is 0 Å². The lowest BCUT2D eigenvalue weighted by Crippen LogP contribution is -2.45. The van der Waals surface area contributed by atoms with Crippen molar-refractivity contribution in [2.24, 2.45) is 5.92 Å². The first kappa shape index (κ1) is 12.8. The molecule has 2 rings (SSSR count). The summed E-state index contributed by atoms with van der Waals surface area (Å²) in [7, 11) is 2.05. The van der Waals surface area contributed by atoms with Gasteiger partial charge in [-0.2, -0.15) is 0 Å². The predicted octanol–water partition coefficient (Wildman–Crippen LogP) is 1.17. The molecule has 0 saturated carbocycles. The van der Waals surface area contributed by atoms with E-state index in [9.17, 15) is 9.90 Å². The maximum Gasteiger partial charge on any atom is 0.306 e. The van der Waals surface area contributed by atoms with Crippen molar-refractivity contribution < 1.29 is 14.6 Å². The maximum atomic E-state index is 11.6. The van der Waals surface area contributed by atoms with Crippen molar-refractivity contribution in [3.05, 3.63) is 0 Å². The van der Waals surface area contributed by atoms with Crippen LogP contribution in [0.3, 0.4) is 0 Å². The number of rotatable bonds is 3. The Morgan fingerprint density at radius 1 is 1.41 bits per heavy atom. The number of aliphatic hydroxyl groups is 1. The Balaban J connectivity index is 1.87. The molecule has 0 spiro atoms. The molecule has 0 aromatic heterocycles. The fourth-order valence-corrected chi connectivity index (χ4v) is 3.06. The molecule has 17 heavy (non-hydrogen) atoms. The van der Waals surface area contributed by atoms with Gasteiger partial charge in [-0.25, -0.2) is 0 Å². The molecule has 2 heterocycles. The average molecular weight is 241 g/mol. The first-order chi connectivity index (χ1) is 7.97. The molecule has 2 saturated heterocycles. The lowest BCUT2D eigenvalue weighted by molar-refractivity contribution is -0.153. The van der Waals surface area contributed by atoms with Gasteiger partial charge in [-0.1, -0.05) is 13.8 Å². The van der Waals surface area contributed by atoms with Crippen LogP contribution in [0.1, 0.15) is 39.5 Å². The third-order valence-corrected chi connectivity index (χ3v) is 3.97. The van der Waals surface area contributed by atoms with E-state index in [-0.39, 0.29) is 24.2 Å². The molecule has 1 N–H and O–H groups in total. The summed E-state index contributed by atoms with van der Waals surface area (Å²) >= 11 is 0. The zero-order valence-electron chi connectivity index (χ0n) is 10.9. The molecule has 4 nitrogen and oxygen atoms in total. The molecule has 2 fully saturated rings. The summed E-state index contributed by atoms with van der Waals surface area (Å²) in [6.45, 7) is 4.03. The molecule has 0 aromatic rings. The number of fused-ring (bicyclic) bond motifs is 2. The Bertz CT molecular complexity index is 292. The molecule has 0 amide bonds. The lowest BCUT2D eigenvalue weighted by atomic mass is 10.00. The van der Waals surface area contributed by atoms with Crippen molar-refractivity contribution in [3.8, 4) is 0 Å². The summed E-state index contributed by atoms with van der Waals surface area (Å²) in [5.41, 5.74) is 0. The van der Waals surface area contributed by atoms with Crippen LogP contribution >= 0.6 is 0 Å². The fraction of sp³-hybridized carbons (Fsp3) is 0.923. The zero-order valence-corrected chi connectivity index (χ0v) is 10.9. The van der Waals surface area contributed by atoms with E-state index in [2.05, 4.69) is 11.9 Å². The minimum Gasteiger partial charge on any atom is -0.462 e. The van der Waals surface area contributed by atoms with Crippen LogP contribution in [-0.4, -0.2) is 47.3 Å². The van der Waals surface area contributed by atoms with Gasteiger partial charge in [0, 0.05) is 31.3 Å². The zero-order chi connectivity index (χ0) is 12.6. The molecule has 0 aliphatic carbocycles. The van der Waals surface area contributed by atoms with Gasteiger partial charge in [0.25, 0.3) is 0 Å². The van der Waals surface area contributed by atoms with Gasteiger partial charge in [0.05, 0.1) is 6.10 Å². The second-order valence-electron chi connectivity index (χ2n) is 5.87. The number of esters is 1. The number of aliphatic hydroxyl groups excluding tert-OH is 1. The van der Waals surface area contributed by atoms with Crippen LogP contribution in [0.4, 0.5) is 0 Å². The second kappa shape index (κ2) is 4.94. The molecular formula is C13H23NO3. The molecular weight excluding hydrogens is 218 g/mol. The quantitative estimate of drug-likeness (QED) is 0.754. The molecule has 98 valence electrons. The Labute approximate surface area is 103 Å². The van der Waals surface area contributed by atoms with Gasteiger partial charge >= 0.3 is 5.97 Å². The van der Waals surface area contributed by atoms with Crippen molar-refractivity contribution in [2.45, 2.75) is 63.8 Å². The molecule has 0 radical (unpaired) electrons. The summed E-state index contributed by atoms with van der Waals surface area (Å²) in [4.78, 5) is 13.9. The summed E-state index contributed by atoms with van der Waals surface area (Å²) in [5.74, 6) is 0.250. The van der Waals surface area contributed by atoms with Crippen LogP contribution in [0.5, 0.6) is 0 Å². The van der Waals surface area contributed by atoms with Crippen LogP contribution in [0.25, 0.3) is 0 Å². The van der Waals surface area contributed by atoms with E-state index in [0.717, 1.165) is 19.3 Å². The summed E-state index contributed by atoms with van der Waals surface area (Å²) in [5, 5.41) is 9.88. The van der Waals surface area contributed by atoms with E-state index in [1.165, 1.54) is 0 Å². The molecule has 2 bridgehead atoms. The molecule has 3 unspecified atom stereocenters. The van der Waals surface area contributed by atoms with Crippen LogP contribution in [0.15, 0.2) is 0 Å². The van der Waals surface area contributed by atoms with Gasteiger partial charge < -0.3 is 9.84 Å². The smallest absolute Gasteiger partial charge is 0.306 e. The van der Waals surface area contributed by atoms with Crippen molar-refractivity contribution in [2.75, 3.05) is 7.05 Å². The monoisotopic (exact) mass is 241 g/mol. The lowest BCUT2D eigenvalue weighted by Gasteiger charge is -2.36. The minimum atomic E-state index is -0.251. The van der Waals surface area contributed by atoms with E-state index in [4.69, 9.17) is 4.74 Å². The maximum absolute atomic E-state index is 11.6. The van der Waals surface area contributed by atoms with E-state index in [0.29, 0.717) is 18.4 Å². The largest absolute Gasteiger partial charge is 0.462 e. The highest BCUT2D eigenvalue weighted by Gasteiger charge is 2.45. The van der Waals surface area contributed by atoms with E-state index >= 15 is 0 Å². The number of piperidine rings is 1. The Hall–Kier alpha value is -0.610. The van der Waals surface area contributed by atoms with Gasteiger partial charge in [-0.3, -0.25) is 9.69 Å². The van der Waals surface area contributed by atoms with E-state index in [1.807, 2.05) is 13.8 Å². The molecule has 4 heteroatoms. The fourth-order valence-electron chi connectivity index (χ4n) is 3.06. The standard InChI is InChI=1S/C13H23NO3/c1-8(2)4-13(16)17-10-5-9-6-12(15)11(7-10)14(9)3/h8-12,15H,4-7H2,1-3H3/t9?,10?,11?,12-/m1/s1. The summed E-state index contributed by atoms with van der Waals surface area (Å²) in [6.07, 6.45) is 2.71. The third kappa shape index (κ3) is 2.80. The summed E-state index contributed by atoms with van der Waals surface area (Å²) in [6, 6.07) is 0.547. The average Bonchev–Trinajstić information content (AvgIpc) is 2.39. The van der Waals surface area contributed by atoms with Crippen molar-refractivity contribution in [1.29, 1.82) is 0 Å². The number of likely N-dealkylation sites (N-methyl/N-ethyl adjacent to an activating group) is 1. The number of hydrogen-bond donors (Lipinski definition) is 1. The van der Waals surface area contributed by atoms with Crippen molar-refractivity contribution in [1.82, 2.24) is 4.90 Å². The molecule has 2 aliphatic heterocycles. The Kier molecular flexibility index (Phi) is 3.73. The Morgan fingerprint density at radius 3 is 2.71 bits per heavy atom. The number of carbonyl (C=O) groups excluding carboxylic acids is 1. The van der Waals surface area contributed by atoms with Gasteiger partial charge in [-0.05, 0) is 19.4 Å². The second-order valence-corrected chi connectivity index (χ2v) is 5.87. The highest BCUT2D eigenvalue weighted by atomic mass is 16.5. The van der Waals surface area contributed by atoms with Crippen LogP contribution in [0.2, 0.25) is 0 Å². The van der Waals surface area contributed by atoms with Gasteiger partial charge in [0.15, 0.2) is 0 Å². The Morgan fingerprint density at radius 2 is 2.12 bits per heavy atom. The SMILES string of the molecule is CC(C)CC(=O)OC1CC2C[C@@H](O)C(C1)N2C. The van der Waals surface area contributed by atoms with Crippen LogP contribution < -0.4 is 0 Å². The van der Waals surface area contributed by atoms with Gasteiger partial charge in [-0.15, -0.1) is 0 Å². The number of hydrogen-bond acceptors (Lipinski definition) is 4. The topological polar surface area (TPSA) is 49.8 Å². The summed E-state index contributed by atoms with van der Waals surface area (Å²) < 4.78 is 5.50. The molecule has 4 atom stereocenters. The van der Waals surface area contributed by atoms with E-state index in [1.54, 1.807) is 0 Å². The number of carbonyl (C=O) groups is 1. The third-order valence-electron chi connectivity index (χ3n) is 3.97. The minimum absolute atomic E-state index is 0.00426. The van der Waals surface area contributed by atoms with Crippen LogP contribution in [-0.2, 0) is 9.53 Å². The molecule has 0 aromatic carbocycles. The number of ether oxygens (including phenoxy) is 1. The highest BCUT2D eigenvalue weighted by molar-refractivity contribution is 5.69. The van der Waals surface area contributed by atoms with Gasteiger partial charge in [0.2, 0.25) is 0 Å². The first-order valence-electron chi connectivity index (χ1n) is 6.57. The normalized spacial score (nSPS) is 37.5. The predicted molar refractivity (Wildman–Crippen MR) is 64.5 cm³/mol. The van der Waals surface area contributed by atoms with Gasteiger partial charge in [0.1, 0.15) is 6.10 Å². The number of nitrogens with zero attached hydrogens (tertiary/aromatic N) is 1. The highest BCUT2D eigenvalue weighted by Crippen LogP contribution is 2.35. The van der Waals surface area contributed by atoms with Crippen molar-refractivity contribution >= 4 is 5.97 Å². The first-order valence-corrected chi connectivity index (χ1v) is 6.57. The molecule has 2 aliphatic rings. The van der Waals surface area contributed by atoms with E-state index < -0.39 is 0 Å². The van der Waals surface area contributed by atoms with Crippen LogP contribution in [0, 0.1) is 5.92 Å².